The summed E-state index contributed by atoms with van der Waals surface area (Å²) in [5, 5.41) is 21.0. The Labute approximate surface area is 374 Å². The zero-order valence-corrected chi connectivity index (χ0v) is 36.7. The van der Waals surface area contributed by atoms with Crippen LogP contribution in [0.25, 0.3) is 52.7 Å². The van der Waals surface area contributed by atoms with E-state index in [1.54, 1.807) is 26.9 Å². The van der Waals surface area contributed by atoms with Crippen LogP contribution in [0.4, 0.5) is 11.4 Å². The third kappa shape index (κ3) is 8.29. The number of rotatable bonds is 8. The number of β-amino-alcohol motifs (C(OH)–C–C–N with tert-alkyl or cyclic N) is 2. The Kier molecular flexibility index (Phi) is 11.8. The molecule has 0 spiro atoms. The number of aromatic nitrogens is 4. The van der Waals surface area contributed by atoms with Crippen LogP contribution in [0.15, 0.2) is 119 Å². The lowest BCUT2D eigenvalue weighted by atomic mass is 10.2. The van der Waals surface area contributed by atoms with Crippen molar-refractivity contribution in [1.29, 1.82) is 0 Å². The van der Waals surface area contributed by atoms with Crippen LogP contribution >= 0.6 is 45.9 Å². The minimum absolute atomic E-state index is 0.124. The van der Waals surface area contributed by atoms with Gasteiger partial charge in [0.05, 0.1) is 60.2 Å². The van der Waals surface area contributed by atoms with Crippen LogP contribution in [-0.4, -0.2) is 81.9 Å². The molecule has 2 aliphatic rings. The maximum absolute atomic E-state index is 13.2. The first-order chi connectivity index (χ1) is 30.1. The van der Waals surface area contributed by atoms with Gasteiger partial charge in [0, 0.05) is 58.1 Å². The molecule has 2 fully saturated rings. The van der Waals surface area contributed by atoms with Crippen molar-refractivity contribution in [3.63, 3.8) is 0 Å². The second-order valence-electron chi connectivity index (χ2n) is 15.0. The summed E-state index contributed by atoms with van der Waals surface area (Å²) in [7, 11) is 3.22. The molecule has 0 aliphatic carbocycles. The maximum Gasteiger partial charge on any atom is 0.275 e. The van der Waals surface area contributed by atoms with Gasteiger partial charge in [-0.3, -0.25) is 18.7 Å². The molecular weight excluding hydrogens is 868 g/mol. The van der Waals surface area contributed by atoms with Crippen LogP contribution in [0.2, 0.25) is 10.0 Å². The van der Waals surface area contributed by atoms with Gasteiger partial charge in [0.25, 0.3) is 11.1 Å². The van der Waals surface area contributed by atoms with E-state index in [1.165, 1.54) is 31.8 Å². The fourth-order valence-corrected chi connectivity index (χ4v) is 10.1. The highest BCUT2D eigenvalue weighted by atomic mass is 35.5. The number of aliphatic hydroxyl groups excluding tert-OH is 2. The summed E-state index contributed by atoms with van der Waals surface area (Å²) >= 11 is 14.8. The Bertz CT molecular complexity index is 2840. The molecule has 0 radical (unpaired) electrons. The van der Waals surface area contributed by atoms with E-state index in [0.29, 0.717) is 66.4 Å². The molecule has 16 heteroatoms. The van der Waals surface area contributed by atoms with Crippen molar-refractivity contribution in [2.24, 2.45) is 0 Å². The number of benzene rings is 4. The summed E-state index contributed by atoms with van der Waals surface area (Å²) in [6, 6.07) is 30.2. The molecule has 0 bridgehead atoms. The molecule has 2 N–H and O–H groups in total. The Hall–Kier alpha value is -5.74. The van der Waals surface area contributed by atoms with Crippen LogP contribution in [0.5, 0.6) is 11.5 Å². The van der Waals surface area contributed by atoms with Gasteiger partial charge in [0.15, 0.2) is 0 Å². The fourth-order valence-electron chi connectivity index (χ4n) is 7.78. The van der Waals surface area contributed by atoms with Crippen LogP contribution in [0, 0.1) is 0 Å². The van der Waals surface area contributed by atoms with Crippen LogP contribution in [0.1, 0.15) is 12.8 Å². The van der Waals surface area contributed by atoms with Crippen molar-refractivity contribution < 1.29 is 19.7 Å². The lowest BCUT2D eigenvalue weighted by molar-refractivity contribution is 0.198. The molecule has 12 nitrogen and oxygen atoms in total. The molecule has 0 amide bonds. The van der Waals surface area contributed by atoms with Crippen molar-refractivity contribution in [2.45, 2.75) is 25.0 Å². The number of hydrogen-bond acceptors (Lipinski definition) is 12. The zero-order valence-electron chi connectivity index (χ0n) is 33.6. The average molecular weight is 908 g/mol. The quantitative estimate of drug-likeness (QED) is 0.153. The highest BCUT2D eigenvalue weighted by Crippen LogP contribution is 2.36. The van der Waals surface area contributed by atoms with Gasteiger partial charge in [-0.05, 0) is 84.6 Å². The van der Waals surface area contributed by atoms with Crippen molar-refractivity contribution >= 4 is 77.7 Å². The number of aliphatic hydroxyl groups is 2. The monoisotopic (exact) mass is 906 g/mol. The van der Waals surface area contributed by atoms with Crippen molar-refractivity contribution in [2.75, 3.05) is 50.2 Å². The first-order valence-electron chi connectivity index (χ1n) is 19.8. The highest BCUT2D eigenvalue weighted by Gasteiger charge is 2.25. The number of nitrogens with zero attached hydrogens (tertiary/aromatic N) is 6. The Morgan fingerprint density at radius 2 is 1.00 bits per heavy atom. The van der Waals surface area contributed by atoms with Gasteiger partial charge in [0.1, 0.15) is 33.6 Å². The predicted octanol–water partition coefficient (Wildman–Crippen LogP) is 8.69. The van der Waals surface area contributed by atoms with Crippen molar-refractivity contribution in [3.05, 3.63) is 140 Å². The smallest absolute Gasteiger partial charge is 0.275 e. The first-order valence-corrected chi connectivity index (χ1v) is 22.2. The Morgan fingerprint density at radius 1 is 0.597 bits per heavy atom. The fraction of sp³-hybridized carbons (Fsp3) is 0.217. The van der Waals surface area contributed by atoms with E-state index in [0.717, 1.165) is 58.2 Å². The number of hydrogen-bond donors (Lipinski definition) is 2. The lowest BCUT2D eigenvalue weighted by Gasteiger charge is -2.21. The van der Waals surface area contributed by atoms with Gasteiger partial charge in [0.2, 0.25) is 0 Å². The molecule has 10 rings (SSSR count). The zero-order chi connectivity index (χ0) is 43.1. The molecule has 0 unspecified atom stereocenters. The van der Waals surface area contributed by atoms with E-state index < -0.39 is 0 Å². The predicted molar refractivity (Wildman–Crippen MR) is 250 cm³/mol. The van der Waals surface area contributed by atoms with Gasteiger partial charge < -0.3 is 29.5 Å². The van der Waals surface area contributed by atoms with E-state index in [9.17, 15) is 19.8 Å². The van der Waals surface area contributed by atoms with E-state index >= 15 is 0 Å². The molecule has 62 heavy (non-hydrogen) atoms. The topological polar surface area (TPSA) is 135 Å². The number of thiophene rings is 2. The Balaban J connectivity index is 0.000000158. The highest BCUT2D eigenvalue weighted by molar-refractivity contribution is 7.22. The molecule has 8 aromatic rings. The van der Waals surface area contributed by atoms with Crippen molar-refractivity contribution in [3.8, 4) is 43.8 Å². The largest absolute Gasteiger partial charge is 0.495 e. The molecule has 2 saturated heterocycles. The van der Waals surface area contributed by atoms with E-state index in [-0.39, 0.29) is 23.3 Å². The number of fused-ring (bicyclic) bond motifs is 2. The van der Waals surface area contributed by atoms with Gasteiger partial charge >= 0.3 is 0 Å². The summed E-state index contributed by atoms with van der Waals surface area (Å²) in [5.74, 6) is 1.32. The van der Waals surface area contributed by atoms with Crippen LogP contribution < -0.4 is 30.4 Å². The molecular formula is C46H40Cl2N6O6S2. The van der Waals surface area contributed by atoms with E-state index in [4.69, 9.17) is 32.7 Å². The van der Waals surface area contributed by atoms with Crippen molar-refractivity contribution in [1.82, 2.24) is 19.1 Å². The van der Waals surface area contributed by atoms with Gasteiger partial charge in [-0.15, -0.1) is 22.7 Å². The first kappa shape index (κ1) is 41.6. The minimum Gasteiger partial charge on any atom is -0.495 e. The second-order valence-corrected chi connectivity index (χ2v) is 18.0. The van der Waals surface area contributed by atoms with Crippen LogP contribution in [-0.2, 0) is 0 Å². The third-order valence-electron chi connectivity index (χ3n) is 11.0. The number of anilines is 2. The van der Waals surface area contributed by atoms with Gasteiger partial charge in [-0.1, -0.05) is 47.5 Å². The maximum atomic E-state index is 13.2. The van der Waals surface area contributed by atoms with Gasteiger partial charge in [-0.25, -0.2) is 9.97 Å². The number of methoxy groups -OCH3 is 2. The van der Waals surface area contributed by atoms with E-state index in [2.05, 4.69) is 19.8 Å². The normalized spacial score (nSPS) is 16.2. The van der Waals surface area contributed by atoms with E-state index in [1.807, 2.05) is 97.1 Å². The molecule has 4 aromatic heterocycles. The summed E-state index contributed by atoms with van der Waals surface area (Å²) in [4.78, 5) is 41.6. The average Bonchev–Trinajstić information content (AvgIpc) is 4.12. The molecule has 0 saturated carbocycles. The summed E-state index contributed by atoms with van der Waals surface area (Å²) in [5.41, 5.74) is 6.27. The standard InChI is InChI=1S/2C23H20ClN3O3S/c2*1-30-20-10-16(6-7-19(20)26-9-8-17(28)12-26)27-13-25-18-11-21(31-22(18)23(27)29)14-2-4-15(24)5-3-14/h2*2-7,10-11,13,17,28H,8-9,12H2,1H3/t2*17-/m10/s1. The third-order valence-corrected chi connectivity index (χ3v) is 13.9. The molecule has 2 atom stereocenters. The second kappa shape index (κ2) is 17.6. The SMILES string of the molecule is COc1cc(-n2cnc3cc(-c4ccc(Cl)cc4)sc3c2=O)ccc1N1CC[C@@H](O)C1.COc1cc(-n2cnc3cc(-c4ccc(Cl)cc4)sc3c2=O)ccc1N1CC[C@H](O)C1. The molecule has 2 aliphatic heterocycles. The summed E-state index contributed by atoms with van der Waals surface area (Å²) < 4.78 is 15.4. The summed E-state index contributed by atoms with van der Waals surface area (Å²) in [6.07, 6.45) is 3.92. The summed E-state index contributed by atoms with van der Waals surface area (Å²) in [6.45, 7) is 2.69. The van der Waals surface area contributed by atoms with Crippen LogP contribution in [0.3, 0.4) is 0 Å². The molecule has 6 heterocycles. The molecule has 4 aromatic carbocycles. The minimum atomic E-state index is -0.327. The lowest BCUT2D eigenvalue weighted by Crippen LogP contribution is -2.22. The Morgan fingerprint density at radius 3 is 1.35 bits per heavy atom. The van der Waals surface area contributed by atoms with Gasteiger partial charge in [-0.2, -0.15) is 0 Å². The number of halogens is 2. The molecule has 316 valence electrons. The number of ether oxygens (including phenoxy) is 2.